The van der Waals surface area contributed by atoms with Crippen LogP contribution >= 0.6 is 0 Å². The molecule has 0 saturated heterocycles. The molecular weight excluding hydrogens is 68.0 g/mol. The van der Waals surface area contributed by atoms with Crippen molar-refractivity contribution in [2.75, 3.05) is 0 Å². The van der Waals surface area contributed by atoms with Gasteiger partial charge in [-0.1, -0.05) is 0 Å². The fraction of sp³-hybridized carbons (Fsp3) is 1.00. The molecule has 0 aliphatic carbocycles. The molecule has 0 rings (SSSR count). The molecule has 0 spiro atoms. The second-order valence-electron chi connectivity index (χ2n) is 1.40. The van der Waals surface area contributed by atoms with E-state index in [0.29, 0.717) is 0 Å². The lowest BCUT2D eigenvalue weighted by Crippen LogP contribution is -2.33. The molecule has 0 N–H and O–H groups in total. The van der Waals surface area contributed by atoms with Gasteiger partial charge in [0.15, 0.2) is 0 Å². The lowest BCUT2D eigenvalue weighted by molar-refractivity contribution is -0.549. The molecule has 0 aromatic carbocycles. The lowest BCUT2D eigenvalue weighted by atomic mass is 10.4. The minimum atomic E-state index is -2.00. The van der Waals surface area contributed by atoms with Crippen LogP contribution in [0.1, 0.15) is 13.8 Å². The molecule has 0 bridgehead atoms. The van der Waals surface area contributed by atoms with Crippen molar-refractivity contribution in [3.05, 3.63) is 0 Å². The zero-order valence-electron chi connectivity index (χ0n) is 3.32. The Balaban J connectivity index is 3.02. The fourth-order valence-corrected chi connectivity index (χ4v) is 0. The van der Waals surface area contributed by atoms with Gasteiger partial charge in [0.05, 0.1) is 0 Å². The first-order valence-electron chi connectivity index (χ1n) is 1.41. The molecular formula is C3H6O2-. The van der Waals surface area contributed by atoms with Crippen molar-refractivity contribution in [2.45, 2.75) is 19.6 Å². The van der Waals surface area contributed by atoms with Crippen LogP contribution in [0.4, 0.5) is 0 Å². The molecule has 0 aromatic rings. The van der Waals surface area contributed by atoms with Gasteiger partial charge in [0.1, 0.15) is 0 Å². The first-order chi connectivity index (χ1) is 2.00. The van der Waals surface area contributed by atoms with Crippen LogP contribution in [0.3, 0.4) is 0 Å². The SMILES string of the molecule is CC(C)([O])[O-]. The molecule has 5 heavy (non-hydrogen) atoms. The predicted molar refractivity (Wildman–Crippen MR) is 14.8 cm³/mol. The Morgan fingerprint density at radius 1 is 1.60 bits per heavy atom. The van der Waals surface area contributed by atoms with Crippen LogP contribution in [-0.4, -0.2) is 5.79 Å². The Bertz CT molecular complexity index is 20.4. The third-order valence-corrected chi connectivity index (χ3v) is 0. The minimum absolute atomic E-state index is 1.08. The van der Waals surface area contributed by atoms with Crippen molar-refractivity contribution < 1.29 is 10.2 Å². The monoisotopic (exact) mass is 74.0 g/mol. The molecule has 0 heterocycles. The highest BCUT2D eigenvalue weighted by Crippen LogP contribution is 1.83. The standard InChI is InChI=1S/C3H6O2/c1-3(2,4)5/h1-2H3/q-1. The van der Waals surface area contributed by atoms with Crippen molar-refractivity contribution in [3.8, 4) is 0 Å². The molecule has 0 unspecified atom stereocenters. The average molecular weight is 74.1 g/mol. The summed E-state index contributed by atoms with van der Waals surface area (Å²) in [5.41, 5.74) is 0. The van der Waals surface area contributed by atoms with Gasteiger partial charge in [0, 0.05) is 5.79 Å². The van der Waals surface area contributed by atoms with Gasteiger partial charge in [-0.2, -0.15) is 0 Å². The Hall–Kier alpha value is -0.0800. The van der Waals surface area contributed by atoms with Gasteiger partial charge in [0.2, 0.25) is 0 Å². The molecule has 0 saturated carbocycles. The summed E-state index contributed by atoms with van der Waals surface area (Å²) in [6.45, 7) is 2.15. The molecule has 1 radical (unpaired) electrons. The van der Waals surface area contributed by atoms with E-state index in [1.807, 2.05) is 0 Å². The maximum Gasteiger partial charge on any atom is 0.0241 e. The van der Waals surface area contributed by atoms with E-state index in [1.165, 1.54) is 0 Å². The number of hydrogen-bond acceptors (Lipinski definition) is 1. The molecule has 0 atom stereocenters. The van der Waals surface area contributed by atoms with Crippen LogP contribution in [0.2, 0.25) is 0 Å². The van der Waals surface area contributed by atoms with Gasteiger partial charge in [-0.25, -0.2) is 5.11 Å². The predicted octanol–water partition coefficient (Wildman–Crippen LogP) is -0.487. The van der Waals surface area contributed by atoms with Crippen LogP contribution in [0.15, 0.2) is 0 Å². The topological polar surface area (TPSA) is 43.0 Å². The summed E-state index contributed by atoms with van der Waals surface area (Å²) in [4.78, 5) is 0. The maximum absolute atomic E-state index is 9.55. The Kier molecular flexibility index (Phi) is 0.938. The third kappa shape index (κ3) is 2260. The van der Waals surface area contributed by atoms with E-state index < -0.39 is 5.79 Å². The number of rotatable bonds is 0. The Labute approximate surface area is 31.1 Å². The van der Waals surface area contributed by atoms with Crippen molar-refractivity contribution in [2.24, 2.45) is 0 Å². The Morgan fingerprint density at radius 3 is 1.60 bits per heavy atom. The zero-order valence-corrected chi connectivity index (χ0v) is 3.32. The van der Waals surface area contributed by atoms with Crippen LogP contribution < -0.4 is 5.11 Å². The van der Waals surface area contributed by atoms with Crippen molar-refractivity contribution in [3.63, 3.8) is 0 Å². The highest BCUT2D eigenvalue weighted by molar-refractivity contribution is 4.33. The minimum Gasteiger partial charge on any atom is -0.827 e. The molecule has 0 aromatic heterocycles. The van der Waals surface area contributed by atoms with Gasteiger partial charge < -0.3 is 5.11 Å². The molecule has 2 heteroatoms. The van der Waals surface area contributed by atoms with Crippen LogP contribution in [0.25, 0.3) is 0 Å². The van der Waals surface area contributed by atoms with Crippen molar-refractivity contribution in [1.82, 2.24) is 0 Å². The summed E-state index contributed by atoms with van der Waals surface area (Å²) in [5, 5.41) is 19.1. The molecule has 0 aliphatic rings. The third-order valence-electron chi connectivity index (χ3n) is 0. The van der Waals surface area contributed by atoms with Gasteiger partial charge >= 0.3 is 0 Å². The summed E-state index contributed by atoms with van der Waals surface area (Å²) < 4.78 is 0. The molecule has 0 fully saturated rings. The van der Waals surface area contributed by atoms with E-state index in [0.717, 1.165) is 13.8 Å². The second-order valence-corrected chi connectivity index (χ2v) is 1.40. The molecule has 0 amide bonds. The van der Waals surface area contributed by atoms with E-state index in [1.54, 1.807) is 0 Å². The van der Waals surface area contributed by atoms with Crippen LogP contribution in [0, 0.1) is 0 Å². The molecule has 0 aliphatic heterocycles. The van der Waals surface area contributed by atoms with E-state index in [-0.39, 0.29) is 0 Å². The fourth-order valence-electron chi connectivity index (χ4n) is 0. The molecule has 31 valence electrons. The summed E-state index contributed by atoms with van der Waals surface area (Å²) in [5.74, 6) is -2.00. The number of hydrogen-bond donors (Lipinski definition) is 0. The van der Waals surface area contributed by atoms with Gasteiger partial charge in [-0.05, 0) is 13.8 Å². The smallest absolute Gasteiger partial charge is 0.0241 e. The quantitative estimate of drug-likeness (QED) is 0.357. The van der Waals surface area contributed by atoms with Gasteiger partial charge in [-0.3, -0.25) is 0 Å². The normalized spacial score (nSPS) is 12.0. The highest BCUT2D eigenvalue weighted by Gasteiger charge is 1.89. The Morgan fingerprint density at radius 2 is 1.60 bits per heavy atom. The highest BCUT2D eigenvalue weighted by atomic mass is 16.5. The zero-order chi connectivity index (χ0) is 4.50. The summed E-state index contributed by atoms with van der Waals surface area (Å²) in [7, 11) is 0. The van der Waals surface area contributed by atoms with E-state index in [4.69, 9.17) is 0 Å². The summed E-state index contributed by atoms with van der Waals surface area (Å²) >= 11 is 0. The first kappa shape index (κ1) is 4.92. The lowest BCUT2D eigenvalue weighted by Gasteiger charge is -2.17. The van der Waals surface area contributed by atoms with Crippen LogP contribution in [0.5, 0.6) is 0 Å². The maximum atomic E-state index is 9.55. The van der Waals surface area contributed by atoms with Gasteiger partial charge in [-0.15, -0.1) is 0 Å². The first-order valence-corrected chi connectivity index (χ1v) is 1.41. The van der Waals surface area contributed by atoms with E-state index in [9.17, 15) is 10.2 Å². The van der Waals surface area contributed by atoms with E-state index >= 15 is 0 Å². The van der Waals surface area contributed by atoms with Crippen molar-refractivity contribution in [1.29, 1.82) is 0 Å². The summed E-state index contributed by atoms with van der Waals surface area (Å²) in [6.07, 6.45) is 0. The van der Waals surface area contributed by atoms with Gasteiger partial charge in [0.25, 0.3) is 0 Å². The second kappa shape index (κ2) is 0.954. The average Bonchev–Trinajstić information content (AvgIpc) is 0.722. The molecule has 2 nitrogen and oxygen atoms in total. The largest absolute Gasteiger partial charge is 0.827 e. The van der Waals surface area contributed by atoms with Crippen molar-refractivity contribution >= 4 is 0 Å². The summed E-state index contributed by atoms with van der Waals surface area (Å²) in [6, 6.07) is 0. The van der Waals surface area contributed by atoms with E-state index in [2.05, 4.69) is 0 Å². The van der Waals surface area contributed by atoms with Crippen LogP contribution in [-0.2, 0) is 5.11 Å².